The van der Waals surface area contributed by atoms with E-state index in [1.165, 1.54) is 0 Å². The fourth-order valence-electron chi connectivity index (χ4n) is 2.84. The first-order valence-corrected chi connectivity index (χ1v) is 8.55. The normalized spacial score (nSPS) is 25.3. The minimum Gasteiger partial charge on any atom is -0.497 e. The Bertz CT molecular complexity index is 660. The van der Waals surface area contributed by atoms with Crippen LogP contribution in [0.2, 0.25) is 0 Å². The molecule has 2 aromatic rings. The summed E-state index contributed by atoms with van der Waals surface area (Å²) in [6.07, 6.45) is -3.59. The molecule has 2 aromatic carbocycles. The van der Waals surface area contributed by atoms with Crippen molar-refractivity contribution < 1.29 is 29.2 Å². The molecule has 1 aliphatic heterocycles. The maximum atomic E-state index is 10.1. The summed E-state index contributed by atoms with van der Waals surface area (Å²) in [6, 6.07) is 17.2. The molecular weight excluding hydrogens is 336 g/mol. The number of ether oxygens (including phenoxy) is 4. The van der Waals surface area contributed by atoms with Gasteiger partial charge in [0.2, 0.25) is 0 Å². The van der Waals surface area contributed by atoms with Crippen LogP contribution in [0.25, 0.3) is 0 Å². The standard InChI is InChI=1S/C20H24O6/c1-23-16-9-7-15(8-10-16)12-25-19-17(26-20(22)18(19)21)13-24-11-14-5-3-2-4-6-14/h2-10,17-22H,11-13H2,1H3/t17-,18-,19-,20-/m1/s1. The van der Waals surface area contributed by atoms with Crippen LogP contribution in [-0.2, 0) is 27.4 Å². The van der Waals surface area contributed by atoms with Crippen molar-refractivity contribution in [1.29, 1.82) is 0 Å². The number of aliphatic hydroxyl groups is 2. The third-order valence-corrected chi connectivity index (χ3v) is 4.30. The lowest BCUT2D eigenvalue weighted by molar-refractivity contribution is -0.137. The number of hydrogen-bond donors (Lipinski definition) is 2. The van der Waals surface area contributed by atoms with Gasteiger partial charge in [-0.3, -0.25) is 0 Å². The first-order chi connectivity index (χ1) is 12.7. The van der Waals surface area contributed by atoms with Crippen molar-refractivity contribution in [2.45, 2.75) is 37.8 Å². The zero-order chi connectivity index (χ0) is 18.4. The Hall–Kier alpha value is -1.96. The number of hydrogen-bond acceptors (Lipinski definition) is 6. The van der Waals surface area contributed by atoms with E-state index < -0.39 is 24.6 Å². The first-order valence-electron chi connectivity index (χ1n) is 8.55. The Labute approximate surface area is 152 Å². The van der Waals surface area contributed by atoms with Crippen molar-refractivity contribution in [3.63, 3.8) is 0 Å². The molecule has 0 saturated carbocycles. The second-order valence-corrected chi connectivity index (χ2v) is 6.18. The van der Waals surface area contributed by atoms with Gasteiger partial charge in [-0.2, -0.15) is 0 Å². The van der Waals surface area contributed by atoms with Gasteiger partial charge in [-0.15, -0.1) is 0 Å². The molecule has 6 nitrogen and oxygen atoms in total. The largest absolute Gasteiger partial charge is 0.497 e. The van der Waals surface area contributed by atoms with Crippen LogP contribution in [0.1, 0.15) is 11.1 Å². The van der Waals surface area contributed by atoms with Gasteiger partial charge in [0.15, 0.2) is 6.29 Å². The number of methoxy groups -OCH3 is 1. The van der Waals surface area contributed by atoms with Crippen molar-refractivity contribution in [2.75, 3.05) is 13.7 Å². The van der Waals surface area contributed by atoms with Crippen LogP contribution in [0.15, 0.2) is 54.6 Å². The summed E-state index contributed by atoms with van der Waals surface area (Å²) in [4.78, 5) is 0. The molecular formula is C20H24O6. The highest BCUT2D eigenvalue weighted by atomic mass is 16.7. The Morgan fingerprint density at radius 2 is 1.62 bits per heavy atom. The summed E-state index contributed by atoms with van der Waals surface area (Å²) in [5.41, 5.74) is 1.98. The predicted molar refractivity (Wildman–Crippen MR) is 94.6 cm³/mol. The number of benzene rings is 2. The summed E-state index contributed by atoms with van der Waals surface area (Å²) in [5.74, 6) is 0.764. The Kier molecular flexibility index (Phi) is 6.60. The maximum absolute atomic E-state index is 10.1. The molecule has 0 spiro atoms. The van der Waals surface area contributed by atoms with Gasteiger partial charge in [0, 0.05) is 0 Å². The van der Waals surface area contributed by atoms with E-state index in [0.717, 1.165) is 16.9 Å². The zero-order valence-corrected chi connectivity index (χ0v) is 14.7. The first kappa shape index (κ1) is 18.8. The average molecular weight is 360 g/mol. The van der Waals surface area contributed by atoms with Crippen LogP contribution in [0.5, 0.6) is 5.75 Å². The molecule has 0 bridgehead atoms. The van der Waals surface area contributed by atoms with E-state index >= 15 is 0 Å². The molecule has 1 saturated heterocycles. The molecule has 0 unspecified atom stereocenters. The third-order valence-electron chi connectivity index (χ3n) is 4.30. The molecule has 1 fully saturated rings. The van der Waals surface area contributed by atoms with Gasteiger partial charge in [0.25, 0.3) is 0 Å². The van der Waals surface area contributed by atoms with Gasteiger partial charge in [0.05, 0.1) is 26.9 Å². The summed E-state index contributed by atoms with van der Waals surface area (Å²) < 4.78 is 22.0. The second kappa shape index (κ2) is 9.12. The SMILES string of the molecule is COc1ccc(CO[C@H]2[C@@H](O)[C@H](O)O[C@@H]2COCc2ccccc2)cc1. The minimum atomic E-state index is -1.28. The summed E-state index contributed by atoms with van der Waals surface area (Å²) >= 11 is 0. The Balaban J connectivity index is 1.52. The summed E-state index contributed by atoms with van der Waals surface area (Å²) in [7, 11) is 1.61. The van der Waals surface area contributed by atoms with E-state index in [1.54, 1.807) is 7.11 Å². The zero-order valence-electron chi connectivity index (χ0n) is 14.7. The van der Waals surface area contributed by atoms with Gasteiger partial charge in [-0.1, -0.05) is 42.5 Å². The molecule has 6 heteroatoms. The smallest absolute Gasteiger partial charge is 0.184 e. The molecule has 4 atom stereocenters. The third kappa shape index (κ3) is 4.81. The minimum absolute atomic E-state index is 0.219. The molecule has 1 heterocycles. The van der Waals surface area contributed by atoms with Crippen molar-refractivity contribution in [3.05, 3.63) is 65.7 Å². The van der Waals surface area contributed by atoms with Crippen LogP contribution in [0.3, 0.4) is 0 Å². The number of rotatable bonds is 8. The van der Waals surface area contributed by atoms with Crippen molar-refractivity contribution >= 4 is 0 Å². The van der Waals surface area contributed by atoms with Gasteiger partial charge >= 0.3 is 0 Å². The fourth-order valence-corrected chi connectivity index (χ4v) is 2.84. The molecule has 3 rings (SSSR count). The van der Waals surface area contributed by atoms with E-state index in [9.17, 15) is 10.2 Å². The second-order valence-electron chi connectivity index (χ2n) is 6.18. The van der Waals surface area contributed by atoms with Crippen LogP contribution < -0.4 is 4.74 Å². The van der Waals surface area contributed by atoms with E-state index in [4.69, 9.17) is 18.9 Å². The van der Waals surface area contributed by atoms with Gasteiger partial charge in [0.1, 0.15) is 24.1 Å². The van der Waals surface area contributed by atoms with Crippen LogP contribution in [0, 0.1) is 0 Å². The molecule has 0 radical (unpaired) electrons. The summed E-state index contributed by atoms with van der Waals surface area (Å²) in [5, 5.41) is 19.9. The highest BCUT2D eigenvalue weighted by molar-refractivity contribution is 5.26. The van der Waals surface area contributed by atoms with Crippen LogP contribution >= 0.6 is 0 Å². The quantitative estimate of drug-likeness (QED) is 0.748. The highest BCUT2D eigenvalue weighted by Crippen LogP contribution is 2.24. The molecule has 140 valence electrons. The van der Waals surface area contributed by atoms with Gasteiger partial charge in [-0.05, 0) is 23.3 Å². The van der Waals surface area contributed by atoms with Crippen molar-refractivity contribution in [2.24, 2.45) is 0 Å². The molecule has 0 aliphatic carbocycles. The van der Waals surface area contributed by atoms with E-state index in [2.05, 4.69) is 0 Å². The summed E-state index contributed by atoms with van der Waals surface area (Å²) in [6.45, 7) is 0.936. The van der Waals surface area contributed by atoms with Gasteiger partial charge in [-0.25, -0.2) is 0 Å². The molecule has 0 aromatic heterocycles. The monoisotopic (exact) mass is 360 g/mol. The van der Waals surface area contributed by atoms with Gasteiger partial charge < -0.3 is 29.2 Å². The van der Waals surface area contributed by atoms with Crippen LogP contribution in [-0.4, -0.2) is 48.5 Å². The van der Waals surface area contributed by atoms with Crippen molar-refractivity contribution in [1.82, 2.24) is 0 Å². The molecule has 2 N–H and O–H groups in total. The predicted octanol–water partition coefficient (Wildman–Crippen LogP) is 1.88. The highest BCUT2D eigenvalue weighted by Gasteiger charge is 2.43. The van der Waals surface area contributed by atoms with Crippen LogP contribution in [0.4, 0.5) is 0 Å². The molecule has 1 aliphatic rings. The lowest BCUT2D eigenvalue weighted by Crippen LogP contribution is -2.37. The van der Waals surface area contributed by atoms with Crippen molar-refractivity contribution in [3.8, 4) is 5.75 Å². The average Bonchev–Trinajstić information content (AvgIpc) is 2.95. The molecule has 26 heavy (non-hydrogen) atoms. The molecule has 0 amide bonds. The van der Waals surface area contributed by atoms with E-state index in [0.29, 0.717) is 6.61 Å². The number of aliphatic hydroxyl groups excluding tert-OH is 2. The Morgan fingerprint density at radius 3 is 2.31 bits per heavy atom. The maximum Gasteiger partial charge on any atom is 0.184 e. The topological polar surface area (TPSA) is 77.4 Å². The van der Waals surface area contributed by atoms with E-state index in [-0.39, 0.29) is 13.2 Å². The Morgan fingerprint density at radius 1 is 0.923 bits per heavy atom. The van der Waals surface area contributed by atoms with E-state index in [1.807, 2.05) is 54.6 Å². The lowest BCUT2D eigenvalue weighted by atomic mass is 10.1. The fraction of sp³-hybridized carbons (Fsp3) is 0.400. The lowest BCUT2D eigenvalue weighted by Gasteiger charge is -2.20.